The first-order chi connectivity index (χ1) is 13.5. The third kappa shape index (κ3) is 5.57. The van der Waals surface area contributed by atoms with Crippen LogP contribution in [0, 0.1) is 18.6 Å². The van der Waals surface area contributed by atoms with E-state index in [1.807, 2.05) is 0 Å². The van der Waals surface area contributed by atoms with Crippen molar-refractivity contribution in [3.63, 3.8) is 0 Å². The van der Waals surface area contributed by atoms with Gasteiger partial charge in [0.2, 0.25) is 0 Å². The Morgan fingerprint density at radius 2 is 1.54 bits per heavy atom. The molecule has 0 saturated heterocycles. The van der Waals surface area contributed by atoms with Crippen LogP contribution in [0.3, 0.4) is 0 Å². The maximum absolute atomic E-state index is 13.0. The van der Waals surface area contributed by atoms with Gasteiger partial charge in [0.15, 0.2) is 0 Å². The Bertz CT molecular complexity index is 944. The molecule has 0 unspecified atom stereocenters. The minimum atomic E-state index is -0.308. The molecule has 0 radical (unpaired) electrons. The molecule has 2 N–H and O–H groups in total. The molecule has 28 heavy (non-hydrogen) atoms. The highest BCUT2D eigenvalue weighted by Gasteiger charge is 2.10. The van der Waals surface area contributed by atoms with Gasteiger partial charge < -0.3 is 10.6 Å². The van der Waals surface area contributed by atoms with E-state index in [0.717, 1.165) is 11.1 Å². The molecule has 0 saturated carbocycles. The fraction of sp³-hybridized carbons (Fsp3) is 0.190. The second kappa shape index (κ2) is 9.03. The summed E-state index contributed by atoms with van der Waals surface area (Å²) in [6, 6.07) is 13.9. The molecule has 7 heteroatoms. The topological polar surface area (TPSA) is 66.9 Å². The van der Waals surface area contributed by atoms with E-state index in [9.17, 15) is 13.6 Å². The standard InChI is InChI=1S/C21H20F2N4O/c1-14-26-19(21(28)24-11-10-15-2-6-17(22)7-3-15)12-20(27-14)25-13-16-4-8-18(23)9-5-16/h2-9,12H,10-11,13H2,1H3,(H,24,28)(H,25,26,27). The summed E-state index contributed by atoms with van der Waals surface area (Å²) in [5, 5.41) is 5.92. The lowest BCUT2D eigenvalue weighted by Gasteiger charge is -2.09. The lowest BCUT2D eigenvalue weighted by molar-refractivity contribution is 0.0949. The number of carbonyl (C=O) groups excluding carboxylic acids is 1. The number of hydrogen-bond acceptors (Lipinski definition) is 4. The summed E-state index contributed by atoms with van der Waals surface area (Å²) in [5.74, 6) is 0.0943. The van der Waals surface area contributed by atoms with Gasteiger partial charge in [0.05, 0.1) is 0 Å². The smallest absolute Gasteiger partial charge is 0.270 e. The Morgan fingerprint density at radius 3 is 2.18 bits per heavy atom. The average molecular weight is 382 g/mol. The molecular formula is C21H20F2N4O. The fourth-order valence-corrected chi connectivity index (χ4v) is 2.63. The van der Waals surface area contributed by atoms with Gasteiger partial charge in [-0.2, -0.15) is 0 Å². The first-order valence-electron chi connectivity index (χ1n) is 8.86. The number of aromatic nitrogens is 2. The number of benzene rings is 2. The van der Waals surface area contributed by atoms with Crippen molar-refractivity contribution in [2.75, 3.05) is 11.9 Å². The van der Waals surface area contributed by atoms with Crippen LogP contribution >= 0.6 is 0 Å². The van der Waals surface area contributed by atoms with E-state index in [-0.39, 0.29) is 23.2 Å². The molecule has 1 aromatic heterocycles. The van der Waals surface area contributed by atoms with Gasteiger partial charge in [0, 0.05) is 19.2 Å². The Labute approximate surface area is 161 Å². The van der Waals surface area contributed by atoms with Crippen molar-refractivity contribution < 1.29 is 13.6 Å². The molecule has 3 rings (SSSR count). The molecule has 0 aliphatic rings. The van der Waals surface area contributed by atoms with E-state index in [0.29, 0.717) is 31.2 Å². The monoisotopic (exact) mass is 382 g/mol. The van der Waals surface area contributed by atoms with Gasteiger partial charge in [-0.3, -0.25) is 4.79 Å². The second-order valence-corrected chi connectivity index (χ2v) is 6.30. The van der Waals surface area contributed by atoms with Crippen LogP contribution in [0.1, 0.15) is 27.4 Å². The van der Waals surface area contributed by atoms with E-state index in [1.165, 1.54) is 24.3 Å². The average Bonchev–Trinajstić information content (AvgIpc) is 2.68. The van der Waals surface area contributed by atoms with Crippen molar-refractivity contribution in [1.82, 2.24) is 15.3 Å². The normalized spacial score (nSPS) is 10.5. The van der Waals surface area contributed by atoms with Crippen molar-refractivity contribution in [2.24, 2.45) is 0 Å². The summed E-state index contributed by atoms with van der Waals surface area (Å²) < 4.78 is 25.9. The lowest BCUT2D eigenvalue weighted by Crippen LogP contribution is -2.27. The predicted molar refractivity (Wildman–Crippen MR) is 103 cm³/mol. The number of amides is 1. The Morgan fingerprint density at radius 1 is 0.929 bits per heavy atom. The van der Waals surface area contributed by atoms with E-state index in [4.69, 9.17) is 0 Å². The van der Waals surface area contributed by atoms with E-state index in [2.05, 4.69) is 20.6 Å². The Kier molecular flexibility index (Phi) is 6.26. The van der Waals surface area contributed by atoms with Crippen LogP contribution in [-0.2, 0) is 13.0 Å². The number of halogens is 2. The summed E-state index contributed by atoms with van der Waals surface area (Å²) in [7, 11) is 0. The van der Waals surface area contributed by atoms with Gasteiger partial charge in [0.25, 0.3) is 5.91 Å². The molecule has 0 aliphatic heterocycles. The molecule has 0 atom stereocenters. The van der Waals surface area contributed by atoms with Gasteiger partial charge in [-0.25, -0.2) is 18.7 Å². The minimum absolute atomic E-state index is 0.258. The zero-order valence-corrected chi connectivity index (χ0v) is 15.4. The van der Waals surface area contributed by atoms with Gasteiger partial charge >= 0.3 is 0 Å². The predicted octanol–water partition coefficient (Wildman–Crippen LogP) is 3.65. The van der Waals surface area contributed by atoms with Gasteiger partial charge in [0.1, 0.15) is 29.0 Å². The second-order valence-electron chi connectivity index (χ2n) is 6.30. The van der Waals surface area contributed by atoms with Crippen LogP contribution < -0.4 is 10.6 Å². The molecule has 0 aliphatic carbocycles. The van der Waals surface area contributed by atoms with E-state index >= 15 is 0 Å². The largest absolute Gasteiger partial charge is 0.366 e. The highest BCUT2D eigenvalue weighted by atomic mass is 19.1. The number of nitrogens with zero attached hydrogens (tertiary/aromatic N) is 2. The summed E-state index contributed by atoms with van der Waals surface area (Å²) >= 11 is 0. The number of aryl methyl sites for hydroxylation is 1. The molecule has 0 spiro atoms. The summed E-state index contributed by atoms with van der Waals surface area (Å²) in [5.41, 5.74) is 2.08. The summed E-state index contributed by atoms with van der Waals surface area (Å²) in [6.45, 7) is 2.56. The Balaban J connectivity index is 1.57. The van der Waals surface area contributed by atoms with E-state index < -0.39 is 0 Å². The third-order valence-electron chi connectivity index (χ3n) is 4.07. The first-order valence-corrected chi connectivity index (χ1v) is 8.86. The molecule has 1 heterocycles. The molecule has 3 aromatic rings. The molecular weight excluding hydrogens is 362 g/mol. The van der Waals surface area contributed by atoms with Crippen LogP contribution in [0.25, 0.3) is 0 Å². The van der Waals surface area contributed by atoms with Gasteiger partial charge in [-0.15, -0.1) is 0 Å². The van der Waals surface area contributed by atoms with Crippen LogP contribution in [0.2, 0.25) is 0 Å². The highest BCUT2D eigenvalue weighted by Crippen LogP contribution is 2.10. The van der Waals surface area contributed by atoms with Crippen molar-refractivity contribution >= 4 is 11.7 Å². The number of anilines is 1. The summed E-state index contributed by atoms with van der Waals surface area (Å²) in [4.78, 5) is 20.8. The third-order valence-corrected chi connectivity index (χ3v) is 4.07. The number of hydrogen-bond donors (Lipinski definition) is 2. The molecule has 5 nitrogen and oxygen atoms in total. The minimum Gasteiger partial charge on any atom is -0.366 e. The van der Waals surface area contributed by atoms with Crippen molar-refractivity contribution in [3.05, 3.63) is 88.9 Å². The number of rotatable bonds is 7. The zero-order valence-electron chi connectivity index (χ0n) is 15.4. The molecule has 144 valence electrons. The fourth-order valence-electron chi connectivity index (χ4n) is 2.63. The van der Waals surface area contributed by atoms with Gasteiger partial charge in [-0.05, 0) is 48.7 Å². The molecule has 1 amide bonds. The maximum Gasteiger partial charge on any atom is 0.270 e. The number of carbonyl (C=O) groups is 1. The maximum atomic E-state index is 13.0. The molecule has 0 fully saturated rings. The Hall–Kier alpha value is -3.35. The van der Waals surface area contributed by atoms with Crippen LogP contribution in [0.15, 0.2) is 54.6 Å². The van der Waals surface area contributed by atoms with E-state index in [1.54, 1.807) is 37.3 Å². The first kappa shape index (κ1) is 19.4. The molecule has 0 bridgehead atoms. The van der Waals surface area contributed by atoms with Crippen LogP contribution in [0.5, 0.6) is 0 Å². The lowest BCUT2D eigenvalue weighted by atomic mass is 10.1. The highest BCUT2D eigenvalue weighted by molar-refractivity contribution is 5.92. The van der Waals surface area contributed by atoms with Crippen molar-refractivity contribution in [1.29, 1.82) is 0 Å². The SMILES string of the molecule is Cc1nc(NCc2ccc(F)cc2)cc(C(=O)NCCc2ccc(F)cc2)n1. The van der Waals surface area contributed by atoms with Crippen LogP contribution in [-0.4, -0.2) is 22.4 Å². The number of nitrogens with one attached hydrogen (secondary N) is 2. The van der Waals surface area contributed by atoms with Crippen molar-refractivity contribution in [2.45, 2.75) is 19.9 Å². The van der Waals surface area contributed by atoms with Crippen molar-refractivity contribution in [3.8, 4) is 0 Å². The molecule has 2 aromatic carbocycles. The van der Waals surface area contributed by atoms with Gasteiger partial charge in [-0.1, -0.05) is 24.3 Å². The summed E-state index contributed by atoms with van der Waals surface area (Å²) in [6.07, 6.45) is 0.589. The quantitative estimate of drug-likeness (QED) is 0.655. The van der Waals surface area contributed by atoms with Crippen LogP contribution in [0.4, 0.5) is 14.6 Å². The zero-order chi connectivity index (χ0) is 19.9.